The van der Waals surface area contributed by atoms with Crippen LogP contribution in [-0.2, 0) is 22.5 Å². The Bertz CT molecular complexity index is 1050. The molecule has 1 aromatic carbocycles. The van der Waals surface area contributed by atoms with E-state index in [1.807, 2.05) is 0 Å². The van der Waals surface area contributed by atoms with Gasteiger partial charge >= 0.3 is 5.97 Å². The van der Waals surface area contributed by atoms with Gasteiger partial charge < -0.3 is 4.74 Å². The predicted octanol–water partition coefficient (Wildman–Crippen LogP) is 5.96. The smallest absolute Gasteiger partial charge is 0.306 e. The fourth-order valence-electron chi connectivity index (χ4n) is 7.52. The van der Waals surface area contributed by atoms with Gasteiger partial charge in [0.2, 0.25) is 5.51 Å². The molecule has 4 fully saturated rings. The molecule has 0 saturated heterocycles. The summed E-state index contributed by atoms with van der Waals surface area (Å²) in [5.41, 5.74) is 5.01. The number of thiazole rings is 1. The van der Waals surface area contributed by atoms with Crippen molar-refractivity contribution >= 4 is 40.0 Å². The van der Waals surface area contributed by atoms with Gasteiger partial charge in [0, 0.05) is 31.0 Å². The molecule has 6 rings (SSSR count). The van der Waals surface area contributed by atoms with Crippen LogP contribution in [0.3, 0.4) is 0 Å². The number of esters is 1. The SMILES string of the molecule is Br.Cc1c(CCOC(=O)CC23CC4CC(CC(C)(C4)C2)C3)sc[n+]1Cc1ccc([N+](=O)[O-])cc1. The van der Waals surface area contributed by atoms with Crippen molar-refractivity contribution in [1.82, 2.24) is 0 Å². The average Bonchev–Trinajstić information content (AvgIpc) is 3.05. The molecule has 0 N–H and O–H groups in total. The van der Waals surface area contributed by atoms with Crippen LogP contribution in [0.5, 0.6) is 0 Å². The van der Waals surface area contributed by atoms with Crippen LogP contribution in [0.15, 0.2) is 29.8 Å². The molecule has 2 unspecified atom stereocenters. The first-order chi connectivity index (χ1) is 15.7. The number of ether oxygens (including phenoxy) is 1. The third-order valence-electron chi connectivity index (χ3n) is 8.24. The third-order valence-corrected chi connectivity index (χ3v) is 9.39. The molecule has 2 aromatic rings. The number of hydrogen-bond donors (Lipinski definition) is 0. The highest BCUT2D eigenvalue weighted by atomic mass is 79.9. The minimum Gasteiger partial charge on any atom is -0.465 e. The number of halogens is 1. The summed E-state index contributed by atoms with van der Waals surface area (Å²) in [6, 6.07) is 6.69. The summed E-state index contributed by atoms with van der Waals surface area (Å²) < 4.78 is 7.88. The molecule has 4 aliphatic carbocycles. The second-order valence-corrected chi connectivity index (χ2v) is 12.1. The number of non-ortho nitro benzene ring substituents is 1. The lowest BCUT2D eigenvalue weighted by Gasteiger charge is -2.61. The van der Waals surface area contributed by atoms with Crippen LogP contribution in [0.1, 0.15) is 68.0 Å². The molecule has 0 amide bonds. The van der Waals surface area contributed by atoms with E-state index in [0.29, 0.717) is 25.0 Å². The van der Waals surface area contributed by atoms with Gasteiger partial charge in [0.15, 0.2) is 12.2 Å². The number of rotatable bonds is 8. The van der Waals surface area contributed by atoms with Crippen molar-refractivity contribution in [2.45, 2.75) is 71.8 Å². The van der Waals surface area contributed by atoms with Gasteiger partial charge in [0.25, 0.3) is 5.69 Å². The molecule has 2 atom stereocenters. The van der Waals surface area contributed by atoms with Crippen LogP contribution >= 0.6 is 28.3 Å². The molecule has 0 spiro atoms. The molecule has 184 valence electrons. The molecule has 4 bridgehead atoms. The largest absolute Gasteiger partial charge is 0.465 e. The summed E-state index contributed by atoms with van der Waals surface area (Å²) in [4.78, 5) is 24.4. The molecule has 34 heavy (non-hydrogen) atoms. The zero-order valence-corrected chi connectivity index (χ0v) is 22.5. The number of aromatic nitrogens is 1. The van der Waals surface area contributed by atoms with E-state index in [-0.39, 0.29) is 39.0 Å². The second-order valence-electron chi connectivity index (χ2n) is 11.2. The molecule has 1 heterocycles. The number of hydrogen-bond acceptors (Lipinski definition) is 5. The van der Waals surface area contributed by atoms with Crippen LogP contribution in [0.2, 0.25) is 0 Å². The normalized spacial score (nSPS) is 29.0. The van der Waals surface area contributed by atoms with Crippen LogP contribution in [0.4, 0.5) is 5.69 Å². The number of carbonyl (C=O) groups excluding carboxylic acids is 1. The number of nitro groups is 1. The quantitative estimate of drug-likeness (QED) is 0.176. The van der Waals surface area contributed by atoms with Crippen LogP contribution < -0.4 is 4.57 Å². The topological polar surface area (TPSA) is 73.3 Å². The van der Waals surface area contributed by atoms with E-state index in [0.717, 1.165) is 29.5 Å². The number of nitro benzene ring substituents is 1. The molecular weight excluding hydrogens is 516 g/mol. The van der Waals surface area contributed by atoms with E-state index < -0.39 is 0 Å². The van der Waals surface area contributed by atoms with Crippen molar-refractivity contribution in [1.29, 1.82) is 0 Å². The molecule has 0 aliphatic heterocycles. The maximum absolute atomic E-state index is 12.8. The number of benzene rings is 1. The highest BCUT2D eigenvalue weighted by Gasteiger charge is 2.56. The zero-order chi connectivity index (χ0) is 23.2. The molecular formula is C26H34BrN2O4S+. The van der Waals surface area contributed by atoms with E-state index in [1.165, 1.54) is 43.4 Å². The van der Waals surface area contributed by atoms with Gasteiger partial charge in [-0.05, 0) is 73.3 Å². The lowest BCUT2D eigenvalue weighted by Crippen LogP contribution is -2.51. The Kier molecular flexibility index (Phi) is 7.21. The van der Waals surface area contributed by atoms with Gasteiger partial charge in [0.05, 0.1) is 22.8 Å². The van der Waals surface area contributed by atoms with Gasteiger partial charge in [-0.25, -0.2) is 0 Å². The summed E-state index contributed by atoms with van der Waals surface area (Å²) in [7, 11) is 0. The lowest BCUT2D eigenvalue weighted by atomic mass is 9.44. The van der Waals surface area contributed by atoms with Crippen LogP contribution in [0.25, 0.3) is 0 Å². The number of nitrogens with zero attached hydrogens (tertiary/aromatic N) is 2. The standard InChI is InChI=1S/C26H33N2O4S.BrH/c1-18-23(33-17-27(18)15-19-3-5-22(6-4-19)28(30)31)7-8-32-24(29)14-26-12-20-9-21(13-26)11-25(2,10-20)16-26;/h3-6,17,20-21H,7-16H2,1-2H3;1H/q+1;. The average molecular weight is 551 g/mol. The molecule has 4 saturated carbocycles. The van der Waals surface area contributed by atoms with Crippen molar-refractivity contribution in [2.75, 3.05) is 6.61 Å². The minimum atomic E-state index is -0.379. The second kappa shape index (κ2) is 9.69. The Balaban J connectivity index is 0.00000274. The number of carbonyl (C=O) groups is 1. The first kappa shape index (κ1) is 25.3. The third kappa shape index (κ3) is 5.23. The Labute approximate surface area is 215 Å². The summed E-state index contributed by atoms with van der Waals surface area (Å²) in [5.74, 6) is 1.63. The predicted molar refractivity (Wildman–Crippen MR) is 136 cm³/mol. The van der Waals surface area contributed by atoms with Crippen molar-refractivity contribution in [3.05, 3.63) is 56.0 Å². The first-order valence-electron chi connectivity index (χ1n) is 12.1. The Morgan fingerprint density at radius 2 is 1.88 bits per heavy atom. The monoisotopic (exact) mass is 549 g/mol. The summed E-state index contributed by atoms with van der Waals surface area (Å²) in [5, 5.41) is 10.8. The molecule has 6 nitrogen and oxygen atoms in total. The lowest BCUT2D eigenvalue weighted by molar-refractivity contribution is -0.689. The molecule has 4 aliphatic rings. The first-order valence-corrected chi connectivity index (χ1v) is 13.0. The van der Waals surface area contributed by atoms with E-state index in [9.17, 15) is 14.9 Å². The highest BCUT2D eigenvalue weighted by Crippen LogP contribution is 2.66. The van der Waals surface area contributed by atoms with Crippen molar-refractivity contribution < 1.29 is 19.0 Å². The molecule has 8 heteroatoms. The van der Waals surface area contributed by atoms with Gasteiger partial charge in [-0.15, -0.1) is 17.0 Å². The molecule has 1 aromatic heterocycles. The van der Waals surface area contributed by atoms with Gasteiger partial charge in [-0.3, -0.25) is 14.9 Å². The van der Waals surface area contributed by atoms with Gasteiger partial charge in [-0.2, -0.15) is 4.57 Å². The minimum absolute atomic E-state index is 0. The zero-order valence-electron chi connectivity index (χ0n) is 20.0. The Morgan fingerprint density at radius 3 is 2.50 bits per heavy atom. The fraction of sp³-hybridized carbons (Fsp3) is 0.615. The van der Waals surface area contributed by atoms with Crippen LogP contribution in [0, 0.1) is 39.7 Å². The maximum Gasteiger partial charge on any atom is 0.306 e. The van der Waals surface area contributed by atoms with Gasteiger partial charge in [0.1, 0.15) is 0 Å². The fourth-order valence-corrected chi connectivity index (χ4v) is 8.49. The van der Waals surface area contributed by atoms with Crippen molar-refractivity contribution in [3.63, 3.8) is 0 Å². The van der Waals surface area contributed by atoms with E-state index >= 15 is 0 Å². The summed E-state index contributed by atoms with van der Waals surface area (Å²) >= 11 is 1.67. The van der Waals surface area contributed by atoms with Crippen molar-refractivity contribution in [2.24, 2.45) is 22.7 Å². The van der Waals surface area contributed by atoms with E-state index in [1.54, 1.807) is 35.6 Å². The Hall–Kier alpha value is -1.80. The Morgan fingerprint density at radius 1 is 1.21 bits per heavy atom. The highest BCUT2D eigenvalue weighted by molar-refractivity contribution is 8.93. The van der Waals surface area contributed by atoms with Crippen LogP contribution in [-0.4, -0.2) is 17.5 Å². The maximum atomic E-state index is 12.8. The van der Waals surface area contributed by atoms with E-state index in [2.05, 4.69) is 23.9 Å². The summed E-state index contributed by atoms with van der Waals surface area (Å²) in [6.07, 6.45) is 9.07. The van der Waals surface area contributed by atoms with Gasteiger partial charge in [-0.1, -0.05) is 18.3 Å². The van der Waals surface area contributed by atoms with Crippen molar-refractivity contribution in [3.8, 4) is 0 Å². The summed E-state index contributed by atoms with van der Waals surface area (Å²) in [6.45, 7) is 5.62. The molecule has 0 radical (unpaired) electrons. The van der Waals surface area contributed by atoms with E-state index in [4.69, 9.17) is 4.74 Å².